The number of halogens is 3. The molecule has 1 aliphatic carbocycles. The van der Waals surface area contributed by atoms with Gasteiger partial charge in [0.05, 0.1) is 0 Å². The van der Waals surface area contributed by atoms with Crippen LogP contribution in [-0.2, 0) is 9.63 Å². The number of nitrogens with one attached hydrogen (secondary N) is 2. The quantitative estimate of drug-likeness (QED) is 0.737. The van der Waals surface area contributed by atoms with Crippen LogP contribution in [0.2, 0.25) is 0 Å². The van der Waals surface area contributed by atoms with E-state index in [1.54, 1.807) is 0 Å². The number of alkyl halides is 3. The molecule has 1 rings (SSSR count). The summed E-state index contributed by atoms with van der Waals surface area (Å²) in [6.07, 6.45) is -0.935. The Hall–Kier alpha value is -0.820. The van der Waals surface area contributed by atoms with Gasteiger partial charge in [-0.3, -0.25) is 0 Å². The Kier molecular flexibility index (Phi) is 4.55. The predicted octanol–water partition coefficient (Wildman–Crippen LogP) is 1.68. The molecule has 16 heavy (non-hydrogen) atoms. The second-order valence-electron chi connectivity index (χ2n) is 4.00. The molecule has 0 heterocycles. The molecule has 2 unspecified atom stereocenters. The lowest BCUT2D eigenvalue weighted by atomic mass is 9.86. The average Bonchev–Trinajstić information content (AvgIpc) is 2.19. The summed E-state index contributed by atoms with van der Waals surface area (Å²) in [6.45, 7) is 2.00. The minimum atomic E-state index is -4.97. The highest BCUT2D eigenvalue weighted by Gasteiger charge is 2.41. The van der Waals surface area contributed by atoms with Crippen LogP contribution in [0.3, 0.4) is 0 Å². The third kappa shape index (κ3) is 3.97. The summed E-state index contributed by atoms with van der Waals surface area (Å²) < 4.78 is 35.2. The number of carbonyl (C=O) groups excluding carboxylic acids is 1. The average molecular weight is 240 g/mol. The summed E-state index contributed by atoms with van der Waals surface area (Å²) in [7, 11) is 0. The Labute approximate surface area is 91.4 Å². The van der Waals surface area contributed by atoms with E-state index in [2.05, 4.69) is 10.3 Å². The van der Waals surface area contributed by atoms with Gasteiger partial charge in [-0.1, -0.05) is 25.4 Å². The van der Waals surface area contributed by atoms with Crippen LogP contribution in [0.5, 0.6) is 0 Å². The number of hydrogen-bond acceptors (Lipinski definition) is 4. The molecule has 0 spiro atoms. The van der Waals surface area contributed by atoms with Gasteiger partial charge < -0.3 is 4.84 Å². The SMILES string of the molecule is CC1CCCCC1NNOC(=O)C(F)(F)F. The van der Waals surface area contributed by atoms with Crippen molar-refractivity contribution in [1.29, 1.82) is 0 Å². The Morgan fingerprint density at radius 2 is 1.94 bits per heavy atom. The fourth-order valence-corrected chi connectivity index (χ4v) is 1.74. The van der Waals surface area contributed by atoms with Crippen LogP contribution in [0.4, 0.5) is 13.2 Å². The maximum absolute atomic E-state index is 11.7. The lowest BCUT2D eigenvalue weighted by Gasteiger charge is -2.29. The van der Waals surface area contributed by atoms with E-state index >= 15 is 0 Å². The second-order valence-corrected chi connectivity index (χ2v) is 4.00. The first-order valence-electron chi connectivity index (χ1n) is 5.20. The zero-order valence-corrected chi connectivity index (χ0v) is 8.93. The van der Waals surface area contributed by atoms with E-state index in [4.69, 9.17) is 0 Å². The molecule has 0 radical (unpaired) electrons. The number of hydrogen-bond donors (Lipinski definition) is 2. The maximum atomic E-state index is 11.7. The molecule has 0 bridgehead atoms. The van der Waals surface area contributed by atoms with Crippen LogP contribution >= 0.6 is 0 Å². The first kappa shape index (κ1) is 13.2. The summed E-state index contributed by atoms with van der Waals surface area (Å²) in [6, 6.07) is 0.0368. The number of carbonyl (C=O) groups is 1. The Morgan fingerprint density at radius 3 is 2.50 bits per heavy atom. The molecule has 0 aromatic rings. The first-order valence-corrected chi connectivity index (χ1v) is 5.20. The maximum Gasteiger partial charge on any atom is 0.492 e. The van der Waals surface area contributed by atoms with Gasteiger partial charge in [0, 0.05) is 6.04 Å². The molecular weight excluding hydrogens is 225 g/mol. The molecule has 1 fully saturated rings. The highest BCUT2D eigenvalue weighted by Crippen LogP contribution is 2.23. The highest BCUT2D eigenvalue weighted by molar-refractivity contribution is 5.75. The van der Waals surface area contributed by atoms with E-state index in [0.717, 1.165) is 25.7 Å². The molecule has 0 aromatic carbocycles. The minimum Gasteiger partial charge on any atom is -0.348 e. The molecule has 4 nitrogen and oxygen atoms in total. The Bertz CT molecular complexity index is 245. The zero-order valence-electron chi connectivity index (χ0n) is 8.93. The normalized spacial score (nSPS) is 26.5. The molecule has 1 saturated carbocycles. The van der Waals surface area contributed by atoms with Gasteiger partial charge in [-0.15, -0.1) is 0 Å². The van der Waals surface area contributed by atoms with E-state index in [0.29, 0.717) is 5.92 Å². The van der Waals surface area contributed by atoms with Gasteiger partial charge in [0.15, 0.2) is 0 Å². The van der Waals surface area contributed by atoms with Crippen LogP contribution in [0, 0.1) is 5.92 Å². The summed E-state index contributed by atoms with van der Waals surface area (Å²) in [5.41, 5.74) is 4.45. The van der Waals surface area contributed by atoms with Gasteiger partial charge in [-0.25, -0.2) is 10.2 Å². The van der Waals surface area contributed by atoms with Crippen LogP contribution in [0.1, 0.15) is 32.6 Å². The summed E-state index contributed by atoms with van der Waals surface area (Å²) in [5, 5.41) is 0. The summed E-state index contributed by atoms with van der Waals surface area (Å²) >= 11 is 0. The zero-order chi connectivity index (χ0) is 12.2. The molecule has 0 saturated heterocycles. The van der Waals surface area contributed by atoms with Crippen molar-refractivity contribution in [2.24, 2.45) is 5.92 Å². The molecule has 94 valence electrons. The Balaban J connectivity index is 2.22. The number of rotatable bonds is 3. The number of hydrazine groups is 1. The molecular formula is C9H15F3N2O2. The standard InChI is InChI=1S/C9H15F3N2O2/c1-6-4-2-3-5-7(6)13-14-16-8(15)9(10,11)12/h6-7,13-14H,2-5H2,1H3. The largest absolute Gasteiger partial charge is 0.492 e. The van der Waals surface area contributed by atoms with Crippen LogP contribution in [-0.4, -0.2) is 18.2 Å². The van der Waals surface area contributed by atoms with Crippen molar-refractivity contribution in [3.8, 4) is 0 Å². The fourth-order valence-electron chi connectivity index (χ4n) is 1.74. The van der Waals surface area contributed by atoms with E-state index in [1.807, 2.05) is 12.5 Å². The van der Waals surface area contributed by atoms with Crippen molar-refractivity contribution in [3.63, 3.8) is 0 Å². The van der Waals surface area contributed by atoms with Crippen molar-refractivity contribution in [1.82, 2.24) is 11.0 Å². The first-order chi connectivity index (χ1) is 7.41. The highest BCUT2D eigenvalue weighted by atomic mass is 19.4. The van der Waals surface area contributed by atoms with Crippen LogP contribution in [0.25, 0.3) is 0 Å². The molecule has 0 aromatic heterocycles. The molecule has 1 aliphatic rings. The summed E-state index contributed by atoms with van der Waals surface area (Å²) in [5.74, 6) is -1.89. The van der Waals surface area contributed by atoms with Gasteiger partial charge in [-0.2, -0.15) is 13.2 Å². The Morgan fingerprint density at radius 1 is 1.31 bits per heavy atom. The second kappa shape index (κ2) is 5.49. The smallest absolute Gasteiger partial charge is 0.348 e. The molecule has 2 atom stereocenters. The monoisotopic (exact) mass is 240 g/mol. The third-order valence-corrected chi connectivity index (χ3v) is 2.73. The molecule has 2 N–H and O–H groups in total. The van der Waals surface area contributed by atoms with Crippen molar-refractivity contribution in [2.75, 3.05) is 0 Å². The van der Waals surface area contributed by atoms with Gasteiger partial charge in [-0.05, 0) is 18.8 Å². The van der Waals surface area contributed by atoms with E-state index in [9.17, 15) is 18.0 Å². The van der Waals surface area contributed by atoms with E-state index < -0.39 is 12.1 Å². The predicted molar refractivity (Wildman–Crippen MR) is 49.8 cm³/mol. The lowest BCUT2D eigenvalue weighted by Crippen LogP contribution is -2.47. The molecule has 0 amide bonds. The van der Waals surface area contributed by atoms with E-state index in [1.165, 1.54) is 0 Å². The van der Waals surface area contributed by atoms with Crippen molar-refractivity contribution in [3.05, 3.63) is 0 Å². The van der Waals surface area contributed by atoms with Crippen molar-refractivity contribution < 1.29 is 22.8 Å². The van der Waals surface area contributed by atoms with Gasteiger partial charge >= 0.3 is 12.1 Å². The van der Waals surface area contributed by atoms with Crippen LogP contribution in [0.15, 0.2) is 0 Å². The van der Waals surface area contributed by atoms with Crippen molar-refractivity contribution in [2.45, 2.75) is 44.8 Å². The van der Waals surface area contributed by atoms with Gasteiger partial charge in [0.2, 0.25) is 0 Å². The summed E-state index contributed by atoms with van der Waals surface area (Å²) in [4.78, 5) is 14.2. The van der Waals surface area contributed by atoms with Crippen LogP contribution < -0.4 is 11.0 Å². The minimum absolute atomic E-state index is 0.0368. The lowest BCUT2D eigenvalue weighted by molar-refractivity contribution is -0.209. The third-order valence-electron chi connectivity index (χ3n) is 2.73. The molecule has 0 aliphatic heterocycles. The van der Waals surface area contributed by atoms with E-state index in [-0.39, 0.29) is 6.04 Å². The van der Waals surface area contributed by atoms with Gasteiger partial charge in [0.25, 0.3) is 0 Å². The van der Waals surface area contributed by atoms with Crippen molar-refractivity contribution >= 4 is 5.97 Å². The fraction of sp³-hybridized carbons (Fsp3) is 0.889. The molecule has 7 heteroatoms. The van der Waals surface area contributed by atoms with Gasteiger partial charge in [0.1, 0.15) is 0 Å². The topological polar surface area (TPSA) is 50.4 Å².